The van der Waals surface area contributed by atoms with Crippen LogP contribution in [0.5, 0.6) is 0 Å². The molecule has 1 N–H and O–H groups in total. The summed E-state index contributed by atoms with van der Waals surface area (Å²) in [7, 11) is 0. The number of hydrogen-bond donors (Lipinski definition) is 1. The van der Waals surface area contributed by atoms with Crippen LogP contribution >= 0.6 is 0 Å². The lowest BCUT2D eigenvalue weighted by Crippen LogP contribution is -2.35. The highest BCUT2D eigenvalue weighted by Gasteiger charge is 2.31. The van der Waals surface area contributed by atoms with Crippen molar-refractivity contribution >= 4 is 16.8 Å². The maximum absolute atomic E-state index is 12.8. The number of rotatable bonds is 5. The molecule has 2 aromatic heterocycles. The smallest absolute Gasteiger partial charge is 0.360 e. The van der Waals surface area contributed by atoms with Crippen LogP contribution in [0.4, 0.5) is 13.2 Å². The van der Waals surface area contributed by atoms with Crippen LogP contribution in [0.3, 0.4) is 0 Å². The van der Waals surface area contributed by atoms with Crippen LogP contribution in [-0.2, 0) is 12.6 Å². The maximum atomic E-state index is 12.8. The molecule has 0 aliphatic carbocycles. The summed E-state index contributed by atoms with van der Waals surface area (Å²) in [5.41, 5.74) is -0.495. The van der Waals surface area contributed by atoms with Crippen LogP contribution in [0.2, 0.25) is 0 Å². The van der Waals surface area contributed by atoms with Crippen LogP contribution < -0.4 is 5.43 Å². The van der Waals surface area contributed by atoms with Crippen LogP contribution in [0.1, 0.15) is 28.4 Å². The lowest BCUT2D eigenvalue weighted by atomic mass is 10.1. The number of H-pyrrole nitrogens is 1. The first-order chi connectivity index (χ1) is 13.3. The van der Waals surface area contributed by atoms with E-state index in [-0.39, 0.29) is 16.5 Å². The lowest BCUT2D eigenvalue weighted by Gasteiger charge is -2.21. The second-order valence-electron chi connectivity index (χ2n) is 6.28. The second kappa shape index (κ2) is 7.84. The van der Waals surface area contributed by atoms with Gasteiger partial charge in [-0.1, -0.05) is 0 Å². The average Bonchev–Trinajstić information content (AvgIpc) is 2.68. The summed E-state index contributed by atoms with van der Waals surface area (Å²) in [6.45, 7) is 2.60. The zero-order valence-corrected chi connectivity index (χ0v) is 15.1. The number of pyridine rings is 2. The molecule has 0 radical (unpaired) electrons. The Kier molecular flexibility index (Phi) is 5.48. The summed E-state index contributed by atoms with van der Waals surface area (Å²) >= 11 is 0. The van der Waals surface area contributed by atoms with Crippen LogP contribution in [-0.4, -0.2) is 33.9 Å². The molecule has 1 amide bonds. The molecule has 0 aliphatic rings. The largest absolute Gasteiger partial charge is 0.416 e. The van der Waals surface area contributed by atoms with Gasteiger partial charge >= 0.3 is 6.18 Å². The number of alkyl halides is 3. The van der Waals surface area contributed by atoms with E-state index in [1.807, 2.05) is 12.1 Å². The predicted octanol–water partition coefficient (Wildman–Crippen LogP) is 3.65. The Morgan fingerprint density at radius 2 is 1.89 bits per heavy atom. The number of aromatic nitrogens is 2. The normalized spacial score (nSPS) is 11.6. The summed E-state index contributed by atoms with van der Waals surface area (Å²) in [6.07, 6.45) is 0.601. The standard InChI is InChI=1S/C20H18F3N3O2/c1-2-26(10-7-13-5-8-24-9-6-13)19(28)16-12-25-17-11-14(20(21,22)23)3-4-15(17)18(16)27/h3-6,8-9,11-12H,2,7,10H2,1H3,(H,25,27). The maximum Gasteiger partial charge on any atom is 0.416 e. The number of nitrogens with one attached hydrogen (secondary N) is 1. The first-order valence-corrected chi connectivity index (χ1v) is 8.72. The van der Waals surface area contributed by atoms with E-state index >= 15 is 0 Å². The van der Waals surface area contributed by atoms with Crippen molar-refractivity contribution in [1.82, 2.24) is 14.9 Å². The summed E-state index contributed by atoms with van der Waals surface area (Å²) in [4.78, 5) is 33.6. The highest BCUT2D eigenvalue weighted by atomic mass is 19.4. The minimum atomic E-state index is -4.51. The molecular formula is C20H18F3N3O2. The van der Waals surface area contributed by atoms with E-state index in [9.17, 15) is 22.8 Å². The molecule has 0 saturated heterocycles. The Balaban J connectivity index is 1.87. The number of carbonyl (C=O) groups excluding carboxylic acids is 1. The van der Waals surface area contributed by atoms with Crippen LogP contribution in [0.15, 0.2) is 53.7 Å². The fourth-order valence-corrected chi connectivity index (χ4v) is 2.94. The number of amides is 1. The third-order valence-corrected chi connectivity index (χ3v) is 4.53. The molecule has 8 heteroatoms. The fraction of sp³-hybridized carbons (Fsp3) is 0.250. The molecule has 3 rings (SSSR count). The van der Waals surface area contributed by atoms with Crippen molar-refractivity contribution in [2.75, 3.05) is 13.1 Å². The number of halogens is 3. The fourth-order valence-electron chi connectivity index (χ4n) is 2.94. The van der Waals surface area contributed by atoms with Gasteiger partial charge in [-0.3, -0.25) is 14.6 Å². The summed E-state index contributed by atoms with van der Waals surface area (Å²) in [6, 6.07) is 6.50. The quantitative estimate of drug-likeness (QED) is 0.725. The van der Waals surface area contributed by atoms with Gasteiger partial charge in [0.05, 0.1) is 5.56 Å². The van der Waals surface area contributed by atoms with Crippen LogP contribution in [0, 0.1) is 0 Å². The topological polar surface area (TPSA) is 66.1 Å². The van der Waals surface area contributed by atoms with Crippen molar-refractivity contribution in [3.63, 3.8) is 0 Å². The Hall–Kier alpha value is -3.16. The van der Waals surface area contributed by atoms with Crippen molar-refractivity contribution in [1.29, 1.82) is 0 Å². The zero-order chi connectivity index (χ0) is 20.3. The van der Waals surface area contributed by atoms with Gasteiger partial charge in [0, 0.05) is 42.6 Å². The molecular weight excluding hydrogens is 371 g/mol. The van der Waals surface area contributed by atoms with Crippen molar-refractivity contribution in [3.8, 4) is 0 Å². The molecule has 0 fully saturated rings. The van der Waals surface area contributed by atoms with Crippen LogP contribution in [0.25, 0.3) is 10.9 Å². The Morgan fingerprint density at radius 3 is 2.54 bits per heavy atom. The van der Waals surface area contributed by atoms with Crippen molar-refractivity contribution < 1.29 is 18.0 Å². The molecule has 0 atom stereocenters. The van der Waals surface area contributed by atoms with E-state index in [0.717, 1.165) is 23.8 Å². The van der Waals surface area contributed by atoms with Gasteiger partial charge in [0.15, 0.2) is 0 Å². The highest BCUT2D eigenvalue weighted by molar-refractivity contribution is 5.97. The number of carbonyl (C=O) groups is 1. The molecule has 2 heterocycles. The number of nitrogens with zero attached hydrogens (tertiary/aromatic N) is 2. The molecule has 0 bridgehead atoms. The number of fused-ring (bicyclic) bond motifs is 1. The molecule has 0 saturated carbocycles. The van der Waals surface area contributed by atoms with Gasteiger partial charge in [-0.25, -0.2) is 0 Å². The van der Waals surface area contributed by atoms with Gasteiger partial charge in [0.2, 0.25) is 5.43 Å². The first kappa shape index (κ1) is 19.6. The Labute approximate surface area is 158 Å². The molecule has 1 aromatic carbocycles. The molecule has 0 aliphatic heterocycles. The van der Waals surface area contributed by atoms with Gasteiger partial charge < -0.3 is 9.88 Å². The number of aromatic amines is 1. The monoisotopic (exact) mass is 389 g/mol. The summed E-state index contributed by atoms with van der Waals surface area (Å²) in [5.74, 6) is -0.459. The van der Waals surface area contributed by atoms with Crippen molar-refractivity contribution in [2.24, 2.45) is 0 Å². The van der Waals surface area contributed by atoms with Gasteiger partial charge in [-0.05, 0) is 49.2 Å². The summed E-state index contributed by atoms with van der Waals surface area (Å²) < 4.78 is 38.5. The molecule has 0 spiro atoms. The SMILES string of the molecule is CCN(CCc1ccncc1)C(=O)c1c[nH]c2cc(C(F)(F)F)ccc2c1=O. The molecule has 146 valence electrons. The van der Waals surface area contributed by atoms with E-state index in [1.165, 1.54) is 11.1 Å². The van der Waals surface area contributed by atoms with E-state index in [1.54, 1.807) is 19.3 Å². The number of hydrogen-bond acceptors (Lipinski definition) is 3. The number of likely N-dealkylation sites (N-methyl/N-ethyl adjacent to an activating group) is 1. The highest BCUT2D eigenvalue weighted by Crippen LogP contribution is 2.30. The zero-order valence-electron chi connectivity index (χ0n) is 15.1. The second-order valence-corrected chi connectivity index (χ2v) is 6.28. The third-order valence-electron chi connectivity index (χ3n) is 4.53. The van der Waals surface area contributed by atoms with E-state index in [2.05, 4.69) is 9.97 Å². The lowest BCUT2D eigenvalue weighted by molar-refractivity contribution is -0.137. The van der Waals surface area contributed by atoms with E-state index < -0.39 is 23.1 Å². The third kappa shape index (κ3) is 4.05. The number of benzene rings is 1. The van der Waals surface area contributed by atoms with E-state index in [4.69, 9.17) is 0 Å². The van der Waals surface area contributed by atoms with Crippen molar-refractivity contribution in [3.05, 3.63) is 75.8 Å². The minimum absolute atomic E-state index is 0.0382. The van der Waals surface area contributed by atoms with Crippen molar-refractivity contribution in [2.45, 2.75) is 19.5 Å². The van der Waals surface area contributed by atoms with Gasteiger partial charge in [-0.2, -0.15) is 13.2 Å². The predicted molar refractivity (Wildman–Crippen MR) is 99.1 cm³/mol. The molecule has 0 unspecified atom stereocenters. The Morgan fingerprint density at radius 1 is 1.18 bits per heavy atom. The van der Waals surface area contributed by atoms with Gasteiger partial charge in [0.1, 0.15) is 5.56 Å². The summed E-state index contributed by atoms with van der Waals surface area (Å²) in [5, 5.41) is 0.0454. The molecule has 5 nitrogen and oxygen atoms in total. The average molecular weight is 389 g/mol. The van der Waals surface area contributed by atoms with E-state index in [0.29, 0.717) is 19.5 Å². The minimum Gasteiger partial charge on any atom is -0.360 e. The molecule has 28 heavy (non-hydrogen) atoms. The van der Waals surface area contributed by atoms with Gasteiger partial charge in [-0.15, -0.1) is 0 Å². The first-order valence-electron chi connectivity index (χ1n) is 8.72. The molecule has 3 aromatic rings. The Bertz CT molecular complexity index is 1050. The van der Waals surface area contributed by atoms with Gasteiger partial charge in [0.25, 0.3) is 5.91 Å².